The Morgan fingerprint density at radius 2 is 2.18 bits per heavy atom. The summed E-state index contributed by atoms with van der Waals surface area (Å²) in [6, 6.07) is 4.61. The van der Waals surface area contributed by atoms with Crippen molar-refractivity contribution in [1.29, 1.82) is 0 Å². The molecule has 0 atom stereocenters. The lowest BCUT2D eigenvalue weighted by atomic mass is 10.0. The number of hydrogen-bond donors (Lipinski definition) is 2. The Balaban J connectivity index is 2.03. The number of nitrogens with zero attached hydrogens (tertiary/aromatic N) is 1. The second-order valence-electron chi connectivity index (χ2n) is 6.73. The summed E-state index contributed by atoms with van der Waals surface area (Å²) < 4.78 is 21.6. The number of methoxy groups -OCH3 is 1. The van der Waals surface area contributed by atoms with Gasteiger partial charge in [0.2, 0.25) is 0 Å². The van der Waals surface area contributed by atoms with Gasteiger partial charge in [0.25, 0.3) is 11.5 Å². The quantitative estimate of drug-likeness (QED) is 0.631. The predicted molar refractivity (Wildman–Crippen MR) is 110 cm³/mol. The molecule has 1 aliphatic heterocycles. The fourth-order valence-corrected chi connectivity index (χ4v) is 3.77. The van der Waals surface area contributed by atoms with E-state index in [1.54, 1.807) is 30.7 Å². The van der Waals surface area contributed by atoms with E-state index in [4.69, 9.17) is 4.74 Å². The molecule has 2 heterocycles. The molecule has 1 amide bonds. The third kappa shape index (κ3) is 4.12. The standard InChI is InChI=1S/C20H23BrFN3O3/c1-12-18(24-15-7-6-13(21)11-14(15)22)17(19(26)23-8-4-10-28-2)16-5-3-9-25(16)20(12)27/h6-7,11,24H,3-5,8-10H2,1-2H3,(H,23,26). The maximum atomic E-state index is 14.4. The lowest BCUT2D eigenvalue weighted by Gasteiger charge is -2.19. The topological polar surface area (TPSA) is 72.4 Å². The Kier molecular flexibility index (Phi) is 6.51. The summed E-state index contributed by atoms with van der Waals surface area (Å²) in [5, 5.41) is 5.88. The maximum absolute atomic E-state index is 14.4. The van der Waals surface area contributed by atoms with Gasteiger partial charge in [-0.2, -0.15) is 0 Å². The minimum absolute atomic E-state index is 0.150. The molecule has 0 bridgehead atoms. The fraction of sp³-hybridized carbons (Fsp3) is 0.400. The molecule has 3 rings (SSSR count). The Bertz CT molecular complexity index is 959. The number of carbonyl (C=O) groups is 1. The van der Waals surface area contributed by atoms with Crippen LogP contribution in [0.3, 0.4) is 0 Å². The van der Waals surface area contributed by atoms with E-state index in [2.05, 4.69) is 26.6 Å². The van der Waals surface area contributed by atoms with Gasteiger partial charge in [0.05, 0.1) is 16.9 Å². The SMILES string of the molecule is COCCCNC(=O)c1c(Nc2ccc(Br)cc2F)c(C)c(=O)n2c1CCC2. The largest absolute Gasteiger partial charge is 0.385 e. The monoisotopic (exact) mass is 451 g/mol. The number of rotatable bonds is 7. The van der Waals surface area contributed by atoms with Crippen molar-refractivity contribution in [2.75, 3.05) is 25.6 Å². The number of carbonyl (C=O) groups excluding carboxylic acids is 1. The normalized spacial score (nSPS) is 12.7. The average molecular weight is 452 g/mol. The maximum Gasteiger partial charge on any atom is 0.255 e. The van der Waals surface area contributed by atoms with Gasteiger partial charge < -0.3 is 19.9 Å². The molecule has 150 valence electrons. The Morgan fingerprint density at radius 1 is 1.39 bits per heavy atom. The van der Waals surface area contributed by atoms with Crippen molar-refractivity contribution < 1.29 is 13.9 Å². The van der Waals surface area contributed by atoms with Gasteiger partial charge >= 0.3 is 0 Å². The lowest BCUT2D eigenvalue weighted by Crippen LogP contribution is -2.32. The molecule has 28 heavy (non-hydrogen) atoms. The molecule has 2 aromatic rings. The van der Waals surface area contributed by atoms with Crippen LogP contribution in [0.1, 0.15) is 34.5 Å². The number of anilines is 2. The van der Waals surface area contributed by atoms with E-state index >= 15 is 0 Å². The molecule has 1 aromatic carbocycles. The van der Waals surface area contributed by atoms with Crippen LogP contribution in [0.25, 0.3) is 0 Å². The molecule has 8 heteroatoms. The molecule has 0 saturated carbocycles. The first kappa shape index (κ1) is 20.5. The van der Waals surface area contributed by atoms with E-state index in [0.29, 0.717) is 59.5 Å². The number of halogens is 2. The van der Waals surface area contributed by atoms with Crippen LogP contribution in [0.15, 0.2) is 27.5 Å². The number of pyridine rings is 1. The van der Waals surface area contributed by atoms with Crippen molar-refractivity contribution in [1.82, 2.24) is 9.88 Å². The Morgan fingerprint density at radius 3 is 2.89 bits per heavy atom. The molecule has 1 aromatic heterocycles. The van der Waals surface area contributed by atoms with Crippen LogP contribution in [0.4, 0.5) is 15.8 Å². The van der Waals surface area contributed by atoms with E-state index in [1.807, 2.05) is 0 Å². The van der Waals surface area contributed by atoms with Gasteiger partial charge in [-0.05, 0) is 44.4 Å². The number of nitrogens with one attached hydrogen (secondary N) is 2. The molecule has 0 spiro atoms. The first-order valence-corrected chi connectivity index (χ1v) is 9.98. The van der Waals surface area contributed by atoms with Crippen LogP contribution in [-0.2, 0) is 17.7 Å². The van der Waals surface area contributed by atoms with E-state index in [0.717, 1.165) is 6.42 Å². The fourth-order valence-electron chi connectivity index (χ4n) is 3.43. The summed E-state index contributed by atoms with van der Waals surface area (Å²) in [5.41, 5.74) is 1.93. The molecule has 0 radical (unpaired) electrons. The van der Waals surface area contributed by atoms with Gasteiger partial charge in [-0.15, -0.1) is 0 Å². The summed E-state index contributed by atoms with van der Waals surface area (Å²) in [7, 11) is 1.61. The molecular weight excluding hydrogens is 429 g/mol. The highest BCUT2D eigenvalue weighted by Gasteiger charge is 2.27. The van der Waals surface area contributed by atoms with Crippen molar-refractivity contribution >= 4 is 33.2 Å². The van der Waals surface area contributed by atoms with E-state index in [1.165, 1.54) is 6.07 Å². The van der Waals surface area contributed by atoms with Gasteiger partial charge in [-0.25, -0.2) is 4.39 Å². The highest BCUT2D eigenvalue weighted by atomic mass is 79.9. The predicted octanol–water partition coefficient (Wildman–Crippen LogP) is 3.51. The van der Waals surface area contributed by atoms with E-state index < -0.39 is 5.82 Å². The summed E-state index contributed by atoms with van der Waals surface area (Å²) in [6.07, 6.45) is 2.11. The molecule has 0 aliphatic carbocycles. The van der Waals surface area contributed by atoms with Crippen molar-refractivity contribution in [3.63, 3.8) is 0 Å². The molecule has 0 saturated heterocycles. The van der Waals surface area contributed by atoms with E-state index in [-0.39, 0.29) is 17.2 Å². The van der Waals surface area contributed by atoms with Gasteiger partial charge in [0.15, 0.2) is 0 Å². The molecule has 0 unspecified atom stereocenters. The van der Waals surface area contributed by atoms with Crippen LogP contribution >= 0.6 is 15.9 Å². The first-order valence-electron chi connectivity index (χ1n) is 9.19. The highest BCUT2D eigenvalue weighted by Crippen LogP contribution is 2.31. The van der Waals surface area contributed by atoms with Crippen LogP contribution in [0.2, 0.25) is 0 Å². The van der Waals surface area contributed by atoms with Gasteiger partial charge in [0.1, 0.15) is 5.82 Å². The minimum Gasteiger partial charge on any atom is -0.385 e. The third-order valence-corrected chi connectivity index (χ3v) is 5.32. The molecule has 1 aliphatic rings. The van der Waals surface area contributed by atoms with E-state index in [9.17, 15) is 14.0 Å². The number of hydrogen-bond acceptors (Lipinski definition) is 4. The number of benzene rings is 1. The zero-order chi connectivity index (χ0) is 20.3. The molecular formula is C20H23BrFN3O3. The van der Waals surface area contributed by atoms with Gasteiger partial charge in [0, 0.05) is 42.5 Å². The third-order valence-electron chi connectivity index (χ3n) is 4.83. The number of aromatic nitrogens is 1. The minimum atomic E-state index is -0.471. The molecule has 2 N–H and O–H groups in total. The Labute approximate surface area is 171 Å². The number of fused-ring (bicyclic) bond motifs is 1. The zero-order valence-electron chi connectivity index (χ0n) is 15.9. The lowest BCUT2D eigenvalue weighted by molar-refractivity contribution is 0.0948. The second kappa shape index (κ2) is 8.87. The summed E-state index contributed by atoms with van der Waals surface area (Å²) in [4.78, 5) is 25.7. The van der Waals surface area contributed by atoms with Crippen molar-refractivity contribution in [2.45, 2.75) is 32.7 Å². The van der Waals surface area contributed by atoms with Crippen LogP contribution in [-0.4, -0.2) is 30.7 Å². The highest BCUT2D eigenvalue weighted by molar-refractivity contribution is 9.10. The first-order chi connectivity index (χ1) is 13.4. The molecule has 6 nitrogen and oxygen atoms in total. The zero-order valence-corrected chi connectivity index (χ0v) is 17.5. The Hall–Kier alpha value is -2.19. The second-order valence-corrected chi connectivity index (χ2v) is 7.65. The van der Waals surface area contributed by atoms with Crippen LogP contribution < -0.4 is 16.2 Å². The van der Waals surface area contributed by atoms with Gasteiger partial charge in [-0.3, -0.25) is 9.59 Å². The van der Waals surface area contributed by atoms with Crippen LogP contribution in [0, 0.1) is 12.7 Å². The van der Waals surface area contributed by atoms with Crippen molar-refractivity contribution in [3.05, 3.63) is 55.7 Å². The summed E-state index contributed by atoms with van der Waals surface area (Å²) in [6.45, 7) is 3.25. The summed E-state index contributed by atoms with van der Waals surface area (Å²) in [5.74, 6) is -0.745. The van der Waals surface area contributed by atoms with Crippen molar-refractivity contribution in [3.8, 4) is 0 Å². The number of amides is 1. The molecule has 0 fully saturated rings. The van der Waals surface area contributed by atoms with Crippen molar-refractivity contribution in [2.24, 2.45) is 0 Å². The average Bonchev–Trinajstić information content (AvgIpc) is 3.14. The smallest absolute Gasteiger partial charge is 0.255 e. The van der Waals surface area contributed by atoms with Crippen LogP contribution in [0.5, 0.6) is 0 Å². The van der Waals surface area contributed by atoms with Gasteiger partial charge in [-0.1, -0.05) is 15.9 Å². The number of ether oxygens (including phenoxy) is 1. The summed E-state index contributed by atoms with van der Waals surface area (Å²) >= 11 is 3.23.